The van der Waals surface area contributed by atoms with Crippen molar-refractivity contribution in [3.8, 4) is 0 Å². The van der Waals surface area contributed by atoms with Crippen LogP contribution in [0.5, 0.6) is 0 Å². The van der Waals surface area contributed by atoms with Crippen molar-refractivity contribution in [2.24, 2.45) is 20.0 Å². The van der Waals surface area contributed by atoms with Crippen LogP contribution in [-0.4, -0.2) is 31.5 Å². The van der Waals surface area contributed by atoms with Crippen LogP contribution >= 0.6 is 0 Å². The highest BCUT2D eigenvalue weighted by Gasteiger charge is 2.29. The summed E-state index contributed by atoms with van der Waals surface area (Å²) in [6.45, 7) is 1.76. The zero-order valence-corrected chi connectivity index (χ0v) is 14.3. The predicted octanol–water partition coefficient (Wildman–Crippen LogP) is 0.947. The maximum atomic E-state index is 12.3. The van der Waals surface area contributed by atoms with Crippen LogP contribution in [0.3, 0.4) is 0 Å². The molecule has 8 nitrogen and oxygen atoms in total. The molecule has 1 amide bonds. The molecule has 0 radical (unpaired) electrons. The third kappa shape index (κ3) is 3.27. The Bertz CT molecular complexity index is 788. The third-order valence-electron chi connectivity index (χ3n) is 4.75. The molecule has 130 valence electrons. The molecule has 1 N–H and O–H groups in total. The lowest BCUT2D eigenvalue weighted by Gasteiger charge is -2.31. The SMILES string of the molecule is Cc1cc(C(=O)N[C@@H]2CCCC[C@@H]2Cc2nn(C)c(=O)n2C)no1. The molecule has 0 aromatic carbocycles. The summed E-state index contributed by atoms with van der Waals surface area (Å²) in [7, 11) is 3.39. The first-order valence-electron chi connectivity index (χ1n) is 8.29. The van der Waals surface area contributed by atoms with Crippen molar-refractivity contribution in [3.05, 3.63) is 33.8 Å². The van der Waals surface area contributed by atoms with Crippen LogP contribution in [0, 0.1) is 12.8 Å². The van der Waals surface area contributed by atoms with Gasteiger partial charge in [-0.2, -0.15) is 5.10 Å². The highest BCUT2D eigenvalue weighted by molar-refractivity contribution is 5.92. The van der Waals surface area contributed by atoms with Crippen LogP contribution in [0.15, 0.2) is 15.4 Å². The summed E-state index contributed by atoms with van der Waals surface area (Å²) in [4.78, 5) is 24.2. The summed E-state index contributed by atoms with van der Waals surface area (Å²) >= 11 is 0. The average molecular weight is 333 g/mol. The van der Waals surface area contributed by atoms with Crippen molar-refractivity contribution in [1.29, 1.82) is 0 Å². The molecule has 2 aromatic rings. The summed E-state index contributed by atoms with van der Waals surface area (Å²) in [5.41, 5.74) is 0.182. The van der Waals surface area contributed by atoms with E-state index in [1.165, 1.54) is 4.68 Å². The molecule has 1 saturated carbocycles. The maximum Gasteiger partial charge on any atom is 0.345 e. The molecule has 0 saturated heterocycles. The van der Waals surface area contributed by atoms with Gasteiger partial charge in [-0.3, -0.25) is 9.36 Å². The van der Waals surface area contributed by atoms with Crippen LogP contribution in [-0.2, 0) is 20.5 Å². The monoisotopic (exact) mass is 333 g/mol. The lowest BCUT2D eigenvalue weighted by atomic mass is 9.82. The van der Waals surface area contributed by atoms with Crippen molar-refractivity contribution in [2.75, 3.05) is 0 Å². The lowest BCUT2D eigenvalue weighted by Crippen LogP contribution is -2.43. The summed E-state index contributed by atoms with van der Waals surface area (Å²) in [5, 5.41) is 11.2. The van der Waals surface area contributed by atoms with E-state index >= 15 is 0 Å². The molecule has 3 rings (SSSR count). The van der Waals surface area contributed by atoms with Crippen LogP contribution in [0.2, 0.25) is 0 Å². The van der Waals surface area contributed by atoms with Gasteiger partial charge in [-0.15, -0.1) is 0 Å². The van der Waals surface area contributed by atoms with E-state index < -0.39 is 0 Å². The second-order valence-electron chi connectivity index (χ2n) is 6.53. The molecular formula is C16H23N5O3. The van der Waals surface area contributed by atoms with E-state index in [4.69, 9.17) is 4.52 Å². The van der Waals surface area contributed by atoms with Crippen molar-refractivity contribution in [1.82, 2.24) is 24.8 Å². The summed E-state index contributed by atoms with van der Waals surface area (Å²) in [5.74, 6) is 1.42. The Morgan fingerprint density at radius 3 is 2.75 bits per heavy atom. The van der Waals surface area contributed by atoms with Gasteiger partial charge in [0.15, 0.2) is 5.69 Å². The minimum absolute atomic E-state index is 0.0559. The number of aryl methyl sites for hydroxylation is 2. The van der Waals surface area contributed by atoms with Crippen molar-refractivity contribution in [3.63, 3.8) is 0 Å². The average Bonchev–Trinajstić information content (AvgIpc) is 3.09. The van der Waals surface area contributed by atoms with Crippen LogP contribution in [0.4, 0.5) is 0 Å². The molecule has 0 bridgehead atoms. The van der Waals surface area contributed by atoms with Gasteiger partial charge in [-0.25, -0.2) is 9.48 Å². The highest BCUT2D eigenvalue weighted by Crippen LogP contribution is 2.27. The van der Waals surface area contributed by atoms with Gasteiger partial charge in [-0.1, -0.05) is 18.0 Å². The molecule has 2 aromatic heterocycles. The number of nitrogens with one attached hydrogen (secondary N) is 1. The normalized spacial score (nSPS) is 21.0. The highest BCUT2D eigenvalue weighted by atomic mass is 16.5. The molecule has 0 aliphatic heterocycles. The minimum Gasteiger partial charge on any atom is -0.361 e. The first-order chi connectivity index (χ1) is 11.5. The molecule has 1 aliphatic rings. The smallest absolute Gasteiger partial charge is 0.345 e. The largest absolute Gasteiger partial charge is 0.361 e. The van der Waals surface area contributed by atoms with E-state index in [2.05, 4.69) is 15.6 Å². The number of hydrogen-bond donors (Lipinski definition) is 1. The molecular weight excluding hydrogens is 310 g/mol. The molecule has 0 spiro atoms. The Morgan fingerprint density at radius 2 is 2.12 bits per heavy atom. The summed E-state index contributed by atoms with van der Waals surface area (Å²) < 4.78 is 7.90. The fourth-order valence-electron chi connectivity index (χ4n) is 3.38. The van der Waals surface area contributed by atoms with Gasteiger partial charge in [0.25, 0.3) is 5.91 Å². The molecule has 24 heavy (non-hydrogen) atoms. The number of carbonyl (C=O) groups excluding carboxylic acids is 1. The van der Waals surface area contributed by atoms with Gasteiger partial charge < -0.3 is 9.84 Å². The van der Waals surface area contributed by atoms with E-state index in [-0.39, 0.29) is 23.6 Å². The third-order valence-corrected chi connectivity index (χ3v) is 4.75. The maximum absolute atomic E-state index is 12.3. The second kappa shape index (κ2) is 6.62. The van der Waals surface area contributed by atoms with Gasteiger partial charge in [0.1, 0.15) is 11.6 Å². The molecule has 2 heterocycles. The van der Waals surface area contributed by atoms with Crippen molar-refractivity contribution in [2.45, 2.75) is 45.1 Å². The predicted molar refractivity (Wildman–Crippen MR) is 86.6 cm³/mol. The van der Waals surface area contributed by atoms with Crippen molar-refractivity contribution >= 4 is 5.91 Å². The van der Waals surface area contributed by atoms with Gasteiger partial charge in [0, 0.05) is 32.6 Å². The van der Waals surface area contributed by atoms with E-state index in [1.807, 2.05) is 0 Å². The molecule has 1 aliphatic carbocycles. The number of aromatic nitrogens is 4. The van der Waals surface area contributed by atoms with Gasteiger partial charge in [-0.05, 0) is 25.7 Å². The first kappa shape index (κ1) is 16.5. The zero-order chi connectivity index (χ0) is 17.3. The van der Waals surface area contributed by atoms with E-state index in [0.29, 0.717) is 17.9 Å². The number of nitrogens with zero attached hydrogens (tertiary/aromatic N) is 4. The Morgan fingerprint density at radius 1 is 1.38 bits per heavy atom. The van der Waals surface area contributed by atoms with E-state index in [9.17, 15) is 9.59 Å². The topological polar surface area (TPSA) is 95.0 Å². The van der Waals surface area contributed by atoms with Gasteiger partial charge in [0.2, 0.25) is 0 Å². The fourth-order valence-corrected chi connectivity index (χ4v) is 3.38. The van der Waals surface area contributed by atoms with Crippen molar-refractivity contribution < 1.29 is 9.32 Å². The standard InChI is InChI=1S/C16H23N5O3/c1-10-8-13(19-24-10)15(22)17-12-7-5-4-6-11(12)9-14-18-21(3)16(23)20(14)2/h8,11-12H,4-7,9H2,1-3H3,(H,17,22)/t11-,12-/m1/s1. The first-order valence-corrected chi connectivity index (χ1v) is 8.29. The fraction of sp³-hybridized carbons (Fsp3) is 0.625. The van der Waals surface area contributed by atoms with Crippen LogP contribution in [0.25, 0.3) is 0 Å². The lowest BCUT2D eigenvalue weighted by molar-refractivity contribution is 0.0895. The quantitative estimate of drug-likeness (QED) is 0.899. The summed E-state index contributed by atoms with van der Waals surface area (Å²) in [6, 6.07) is 1.69. The van der Waals surface area contributed by atoms with Gasteiger partial charge >= 0.3 is 5.69 Å². The molecule has 0 unspecified atom stereocenters. The number of rotatable bonds is 4. The Hall–Kier alpha value is -2.38. The van der Waals surface area contributed by atoms with Crippen LogP contribution in [0.1, 0.15) is 47.8 Å². The van der Waals surface area contributed by atoms with Crippen LogP contribution < -0.4 is 11.0 Å². The molecule has 1 fully saturated rings. The molecule has 2 atom stereocenters. The zero-order valence-electron chi connectivity index (χ0n) is 14.3. The number of carbonyl (C=O) groups is 1. The minimum atomic E-state index is -0.210. The van der Waals surface area contributed by atoms with Gasteiger partial charge in [0.05, 0.1) is 0 Å². The Labute approximate surface area is 139 Å². The van der Waals surface area contributed by atoms with E-state index in [1.54, 1.807) is 31.7 Å². The summed E-state index contributed by atoms with van der Waals surface area (Å²) in [6.07, 6.45) is 4.82. The number of hydrogen-bond acceptors (Lipinski definition) is 5. The van der Waals surface area contributed by atoms with E-state index in [0.717, 1.165) is 31.5 Å². The Kier molecular flexibility index (Phi) is 4.55. The Balaban J connectivity index is 1.72. The number of amides is 1. The molecule has 8 heteroatoms. The second-order valence-corrected chi connectivity index (χ2v) is 6.53.